The lowest BCUT2D eigenvalue weighted by Crippen LogP contribution is -2.33. The monoisotopic (exact) mass is 472 g/mol. The van der Waals surface area contributed by atoms with Gasteiger partial charge in [0.2, 0.25) is 0 Å². The summed E-state index contributed by atoms with van der Waals surface area (Å²) in [6, 6.07) is 8.06. The van der Waals surface area contributed by atoms with E-state index in [9.17, 15) is 4.79 Å². The number of benzene rings is 1. The topological polar surface area (TPSA) is 112 Å². The molecule has 0 spiro atoms. The van der Waals surface area contributed by atoms with Crippen molar-refractivity contribution in [2.75, 3.05) is 19.4 Å². The van der Waals surface area contributed by atoms with Crippen LogP contribution in [0.3, 0.4) is 0 Å². The first kappa shape index (κ1) is 21.6. The van der Waals surface area contributed by atoms with Crippen LogP contribution >= 0.6 is 0 Å². The molecule has 0 atom stereocenters. The molecule has 0 bridgehead atoms. The van der Waals surface area contributed by atoms with Crippen molar-refractivity contribution < 1.29 is 14.1 Å². The van der Waals surface area contributed by atoms with Gasteiger partial charge in [-0.2, -0.15) is 0 Å². The number of nitrogens with zero attached hydrogens (tertiary/aromatic N) is 5. The van der Waals surface area contributed by atoms with E-state index < -0.39 is 0 Å². The molecule has 2 aliphatic rings. The molecule has 9 heteroatoms. The Morgan fingerprint density at radius 2 is 1.94 bits per heavy atom. The minimum absolute atomic E-state index is 0.0493. The lowest BCUT2D eigenvalue weighted by Gasteiger charge is -2.23. The average molecular weight is 473 g/mol. The molecule has 4 aromatic rings. The van der Waals surface area contributed by atoms with Gasteiger partial charge in [-0.1, -0.05) is 17.3 Å². The standard InChI is InChI=1S/C26H28N6O3/c1-14(2)32-18-12-31(11-10-15-4-8-17(34-3)9-5-15)26(33)21-22(30-35-23(21)16-6-7-16)19(18)20-24(27)28-13-29-25(20)32/h4-5,8-9,13-14,16H,6-7,10-12H2,1-3H3,(H2,27,28,29). The number of methoxy groups -OCH3 is 1. The third kappa shape index (κ3) is 3.45. The Balaban J connectivity index is 1.50. The predicted octanol–water partition coefficient (Wildman–Crippen LogP) is 4.33. The molecule has 9 nitrogen and oxygen atoms in total. The zero-order valence-corrected chi connectivity index (χ0v) is 20.1. The molecule has 3 aromatic heterocycles. The molecule has 35 heavy (non-hydrogen) atoms. The van der Waals surface area contributed by atoms with Crippen LogP contribution in [0.15, 0.2) is 35.1 Å². The Hall–Kier alpha value is -3.88. The molecular formula is C26H28N6O3. The van der Waals surface area contributed by atoms with Crippen molar-refractivity contribution in [3.05, 3.63) is 53.2 Å². The molecule has 1 aliphatic heterocycles. The predicted molar refractivity (Wildman–Crippen MR) is 131 cm³/mol. The van der Waals surface area contributed by atoms with Crippen molar-refractivity contribution in [3.8, 4) is 17.0 Å². The summed E-state index contributed by atoms with van der Waals surface area (Å²) in [7, 11) is 1.65. The van der Waals surface area contributed by atoms with E-state index in [0.29, 0.717) is 42.3 Å². The second-order valence-corrected chi connectivity index (χ2v) is 9.61. The number of hydrogen-bond donors (Lipinski definition) is 1. The van der Waals surface area contributed by atoms with E-state index in [1.165, 1.54) is 6.33 Å². The smallest absolute Gasteiger partial charge is 0.260 e. The van der Waals surface area contributed by atoms with E-state index in [1.54, 1.807) is 7.11 Å². The van der Waals surface area contributed by atoms with Crippen molar-refractivity contribution in [3.63, 3.8) is 0 Å². The third-order valence-corrected chi connectivity index (χ3v) is 7.01. The number of carbonyl (C=O) groups excluding carboxylic acids is 1. The third-order valence-electron chi connectivity index (χ3n) is 7.01. The molecule has 0 saturated heterocycles. The fraction of sp³-hybridized carbons (Fsp3) is 0.385. The summed E-state index contributed by atoms with van der Waals surface area (Å²) >= 11 is 0. The van der Waals surface area contributed by atoms with Gasteiger partial charge in [-0.15, -0.1) is 0 Å². The van der Waals surface area contributed by atoms with Gasteiger partial charge in [0.25, 0.3) is 5.91 Å². The summed E-state index contributed by atoms with van der Waals surface area (Å²) in [5.74, 6) is 2.08. The first-order valence-electron chi connectivity index (χ1n) is 12.0. The highest BCUT2D eigenvalue weighted by molar-refractivity contribution is 6.09. The molecule has 2 N–H and O–H groups in total. The quantitative estimate of drug-likeness (QED) is 0.444. The van der Waals surface area contributed by atoms with Crippen molar-refractivity contribution >= 4 is 22.8 Å². The molecule has 1 amide bonds. The first-order valence-corrected chi connectivity index (χ1v) is 12.0. The van der Waals surface area contributed by atoms with Crippen LogP contribution in [0.1, 0.15) is 66.0 Å². The molecule has 1 fully saturated rings. The summed E-state index contributed by atoms with van der Waals surface area (Å²) in [6.07, 6.45) is 4.22. The highest BCUT2D eigenvalue weighted by Crippen LogP contribution is 2.48. The molecule has 6 rings (SSSR count). The minimum Gasteiger partial charge on any atom is -0.497 e. The number of rotatable bonds is 6. The van der Waals surface area contributed by atoms with Crippen molar-refractivity contribution in [2.45, 2.75) is 51.6 Å². The van der Waals surface area contributed by atoms with Crippen LogP contribution in [-0.2, 0) is 13.0 Å². The minimum atomic E-state index is -0.0493. The fourth-order valence-electron chi connectivity index (χ4n) is 5.12. The number of nitrogens with two attached hydrogens (primary N) is 1. The van der Waals surface area contributed by atoms with Crippen LogP contribution in [0.5, 0.6) is 5.75 Å². The lowest BCUT2D eigenvalue weighted by molar-refractivity contribution is 0.0742. The average Bonchev–Trinajstić information content (AvgIpc) is 3.54. The van der Waals surface area contributed by atoms with Gasteiger partial charge in [0.1, 0.15) is 34.8 Å². The van der Waals surface area contributed by atoms with Crippen molar-refractivity contribution in [2.24, 2.45) is 0 Å². The van der Waals surface area contributed by atoms with Gasteiger partial charge in [-0.25, -0.2) is 9.97 Å². The van der Waals surface area contributed by atoms with E-state index in [0.717, 1.165) is 46.4 Å². The number of ether oxygens (including phenoxy) is 1. The van der Waals surface area contributed by atoms with Crippen LogP contribution in [0.25, 0.3) is 22.3 Å². The normalized spacial score (nSPS) is 15.4. The van der Waals surface area contributed by atoms with E-state index >= 15 is 0 Å². The Kier molecular flexibility index (Phi) is 5.01. The van der Waals surface area contributed by atoms with Crippen LogP contribution < -0.4 is 10.5 Å². The van der Waals surface area contributed by atoms with Gasteiger partial charge >= 0.3 is 0 Å². The number of fused-ring (bicyclic) bond motifs is 5. The Morgan fingerprint density at radius 3 is 2.63 bits per heavy atom. The summed E-state index contributed by atoms with van der Waals surface area (Å²) in [5.41, 5.74) is 11.2. The maximum absolute atomic E-state index is 14.0. The summed E-state index contributed by atoms with van der Waals surface area (Å²) in [4.78, 5) is 24.7. The SMILES string of the molecule is COc1ccc(CCN2Cc3c(c4c(N)ncnc4n3C(C)C)-c3noc(C4CC4)c3C2=O)cc1. The number of hydrogen-bond acceptors (Lipinski definition) is 7. The lowest BCUT2D eigenvalue weighted by atomic mass is 10.0. The maximum atomic E-state index is 14.0. The van der Waals surface area contributed by atoms with Crippen LogP contribution in [0, 0.1) is 0 Å². The molecule has 180 valence electrons. The highest BCUT2D eigenvalue weighted by Gasteiger charge is 2.41. The number of anilines is 1. The number of aromatic nitrogens is 4. The Bertz CT molecular complexity index is 1430. The fourth-order valence-corrected chi connectivity index (χ4v) is 5.12. The maximum Gasteiger partial charge on any atom is 0.260 e. The van der Waals surface area contributed by atoms with Gasteiger partial charge in [0.05, 0.1) is 19.0 Å². The van der Waals surface area contributed by atoms with Crippen LogP contribution in [0.4, 0.5) is 5.82 Å². The summed E-state index contributed by atoms with van der Waals surface area (Å²) in [5, 5.41) is 5.18. The molecule has 1 saturated carbocycles. The van der Waals surface area contributed by atoms with Crippen LogP contribution in [0.2, 0.25) is 0 Å². The van der Waals surface area contributed by atoms with Gasteiger partial charge in [-0.3, -0.25) is 4.79 Å². The Labute approximate surface area is 202 Å². The van der Waals surface area contributed by atoms with Gasteiger partial charge in [-0.05, 0) is 50.8 Å². The van der Waals surface area contributed by atoms with E-state index in [4.69, 9.17) is 15.0 Å². The second kappa shape index (κ2) is 8.11. The Morgan fingerprint density at radius 1 is 1.17 bits per heavy atom. The van der Waals surface area contributed by atoms with Crippen molar-refractivity contribution in [1.82, 2.24) is 24.6 Å². The van der Waals surface area contributed by atoms with Gasteiger partial charge in [0, 0.05) is 29.8 Å². The molecule has 1 aliphatic carbocycles. The molecule has 4 heterocycles. The summed E-state index contributed by atoms with van der Waals surface area (Å²) in [6.45, 7) is 5.19. The van der Waals surface area contributed by atoms with E-state index in [-0.39, 0.29) is 17.9 Å². The molecule has 0 radical (unpaired) electrons. The number of amides is 1. The van der Waals surface area contributed by atoms with E-state index in [2.05, 4.69) is 33.5 Å². The summed E-state index contributed by atoms with van der Waals surface area (Å²) < 4.78 is 13.2. The zero-order chi connectivity index (χ0) is 24.3. The van der Waals surface area contributed by atoms with E-state index in [1.807, 2.05) is 29.2 Å². The van der Waals surface area contributed by atoms with Crippen molar-refractivity contribution in [1.29, 1.82) is 0 Å². The van der Waals surface area contributed by atoms with Gasteiger partial charge in [0.15, 0.2) is 5.76 Å². The first-order chi connectivity index (χ1) is 17.0. The number of nitrogen functional groups attached to an aromatic ring is 1. The number of carbonyl (C=O) groups is 1. The zero-order valence-electron chi connectivity index (χ0n) is 20.1. The second-order valence-electron chi connectivity index (χ2n) is 9.61. The molecular weight excluding hydrogens is 444 g/mol. The molecule has 0 unspecified atom stereocenters. The van der Waals surface area contributed by atoms with Crippen LogP contribution in [-0.4, -0.2) is 44.2 Å². The highest BCUT2D eigenvalue weighted by atomic mass is 16.5. The molecule has 1 aromatic carbocycles. The van der Waals surface area contributed by atoms with Gasteiger partial charge < -0.3 is 24.5 Å². The largest absolute Gasteiger partial charge is 0.497 e.